The van der Waals surface area contributed by atoms with Gasteiger partial charge in [0.15, 0.2) is 5.65 Å². The maximum Gasteiger partial charge on any atom is 0.160 e. The number of imidazole rings is 1. The van der Waals surface area contributed by atoms with Crippen molar-refractivity contribution in [2.75, 3.05) is 26.3 Å². The molecule has 2 aliphatic rings. The molecule has 0 radical (unpaired) electrons. The Morgan fingerprint density at radius 3 is 3.00 bits per heavy atom. The molecule has 2 aromatic heterocycles. The predicted octanol–water partition coefficient (Wildman–Crippen LogP) is 2.32. The molecule has 2 saturated heterocycles. The van der Waals surface area contributed by atoms with E-state index in [9.17, 15) is 0 Å². The first-order valence-corrected chi connectivity index (χ1v) is 8.52. The number of aromatic nitrogens is 3. The molecular weight excluding hydrogens is 276 g/mol. The van der Waals surface area contributed by atoms with Crippen LogP contribution in [0.2, 0.25) is 0 Å². The Morgan fingerprint density at radius 2 is 2.18 bits per heavy atom. The van der Waals surface area contributed by atoms with Crippen LogP contribution >= 0.6 is 0 Å². The Bertz CT molecular complexity index is 627. The standard InChI is InChI=1S/C17H24N4O/c1-3-14(12-18-7-1)21-16(11-13-5-9-22-10-6-13)20-15-4-2-8-19-17(15)21/h2,4,8,13-14,18H,1,3,5-7,9-12H2. The Kier molecular flexibility index (Phi) is 4.08. The lowest BCUT2D eigenvalue weighted by Crippen LogP contribution is -2.33. The SMILES string of the molecule is c1cnc2c(c1)nc(CC1CCOCC1)n2C1CCCNC1. The van der Waals surface area contributed by atoms with E-state index in [0.717, 1.165) is 56.7 Å². The van der Waals surface area contributed by atoms with Gasteiger partial charge in [0, 0.05) is 38.4 Å². The summed E-state index contributed by atoms with van der Waals surface area (Å²) in [4.78, 5) is 9.53. The van der Waals surface area contributed by atoms with Crippen LogP contribution in [0, 0.1) is 5.92 Å². The van der Waals surface area contributed by atoms with E-state index in [0.29, 0.717) is 12.0 Å². The minimum absolute atomic E-state index is 0.489. The van der Waals surface area contributed by atoms with Crippen molar-refractivity contribution in [3.8, 4) is 0 Å². The summed E-state index contributed by atoms with van der Waals surface area (Å²) in [5, 5.41) is 3.52. The zero-order chi connectivity index (χ0) is 14.8. The van der Waals surface area contributed by atoms with Gasteiger partial charge in [-0.15, -0.1) is 0 Å². The van der Waals surface area contributed by atoms with Crippen LogP contribution in [0.3, 0.4) is 0 Å². The van der Waals surface area contributed by atoms with Gasteiger partial charge in [-0.1, -0.05) is 0 Å². The lowest BCUT2D eigenvalue weighted by Gasteiger charge is -2.27. The Balaban J connectivity index is 1.68. The molecule has 0 spiro atoms. The number of nitrogens with zero attached hydrogens (tertiary/aromatic N) is 3. The number of fused-ring (bicyclic) bond motifs is 1. The fourth-order valence-corrected chi connectivity index (χ4v) is 3.77. The van der Waals surface area contributed by atoms with Crippen molar-refractivity contribution < 1.29 is 4.74 Å². The molecular formula is C17H24N4O. The summed E-state index contributed by atoms with van der Waals surface area (Å²) < 4.78 is 7.91. The van der Waals surface area contributed by atoms with E-state index in [-0.39, 0.29) is 0 Å². The number of rotatable bonds is 3. The second kappa shape index (κ2) is 6.34. The second-order valence-corrected chi connectivity index (χ2v) is 6.50. The summed E-state index contributed by atoms with van der Waals surface area (Å²) in [6, 6.07) is 4.56. The maximum atomic E-state index is 5.49. The monoisotopic (exact) mass is 300 g/mol. The topological polar surface area (TPSA) is 52.0 Å². The van der Waals surface area contributed by atoms with Gasteiger partial charge in [-0.25, -0.2) is 9.97 Å². The van der Waals surface area contributed by atoms with E-state index in [1.54, 1.807) is 0 Å². The van der Waals surface area contributed by atoms with Crippen LogP contribution in [0.1, 0.15) is 37.5 Å². The van der Waals surface area contributed by atoms with Crippen molar-refractivity contribution in [3.05, 3.63) is 24.2 Å². The number of ether oxygens (including phenoxy) is 1. The number of pyridine rings is 1. The highest BCUT2D eigenvalue weighted by atomic mass is 16.5. The third-order valence-corrected chi connectivity index (χ3v) is 4.97. The van der Waals surface area contributed by atoms with Gasteiger partial charge in [0.25, 0.3) is 0 Å². The molecule has 0 bridgehead atoms. The maximum absolute atomic E-state index is 5.49. The van der Waals surface area contributed by atoms with Crippen LogP contribution in [0.5, 0.6) is 0 Å². The van der Waals surface area contributed by atoms with E-state index in [1.807, 2.05) is 12.3 Å². The molecule has 2 aliphatic heterocycles. The summed E-state index contributed by atoms with van der Waals surface area (Å²) in [6.07, 6.45) is 7.69. The molecule has 1 atom stereocenters. The zero-order valence-electron chi connectivity index (χ0n) is 13.0. The largest absolute Gasteiger partial charge is 0.381 e. The summed E-state index contributed by atoms with van der Waals surface area (Å²) in [6.45, 7) is 3.96. The normalized spacial score (nSPS) is 23.9. The summed E-state index contributed by atoms with van der Waals surface area (Å²) in [5.41, 5.74) is 2.09. The summed E-state index contributed by atoms with van der Waals surface area (Å²) in [7, 11) is 0. The molecule has 1 unspecified atom stereocenters. The van der Waals surface area contributed by atoms with Crippen molar-refractivity contribution >= 4 is 11.2 Å². The highest BCUT2D eigenvalue weighted by molar-refractivity contribution is 5.71. The van der Waals surface area contributed by atoms with Gasteiger partial charge in [0.05, 0.1) is 0 Å². The Labute approximate surface area is 131 Å². The second-order valence-electron chi connectivity index (χ2n) is 6.50. The van der Waals surface area contributed by atoms with Crippen LogP contribution in [0.25, 0.3) is 11.2 Å². The highest BCUT2D eigenvalue weighted by Crippen LogP contribution is 2.27. The molecule has 0 aromatic carbocycles. The smallest absolute Gasteiger partial charge is 0.160 e. The number of piperidine rings is 1. The Hall–Kier alpha value is -1.46. The van der Waals surface area contributed by atoms with Gasteiger partial charge >= 0.3 is 0 Å². The van der Waals surface area contributed by atoms with E-state index in [2.05, 4.69) is 20.9 Å². The molecule has 2 aromatic rings. The third kappa shape index (κ3) is 2.75. The molecule has 5 heteroatoms. The van der Waals surface area contributed by atoms with E-state index < -0.39 is 0 Å². The molecule has 1 N–H and O–H groups in total. The first kappa shape index (κ1) is 14.2. The minimum atomic E-state index is 0.489. The summed E-state index contributed by atoms with van der Waals surface area (Å²) in [5.74, 6) is 1.91. The van der Waals surface area contributed by atoms with Gasteiger partial charge < -0.3 is 14.6 Å². The molecule has 4 heterocycles. The fourth-order valence-electron chi connectivity index (χ4n) is 3.77. The van der Waals surface area contributed by atoms with Gasteiger partial charge in [-0.2, -0.15) is 0 Å². The lowest BCUT2D eigenvalue weighted by atomic mass is 9.96. The van der Waals surface area contributed by atoms with Gasteiger partial charge in [0.1, 0.15) is 11.3 Å². The predicted molar refractivity (Wildman–Crippen MR) is 85.9 cm³/mol. The molecule has 0 saturated carbocycles. The Morgan fingerprint density at radius 1 is 1.27 bits per heavy atom. The van der Waals surface area contributed by atoms with E-state index >= 15 is 0 Å². The fraction of sp³-hybridized carbons (Fsp3) is 0.647. The van der Waals surface area contributed by atoms with Gasteiger partial charge in [-0.05, 0) is 50.3 Å². The van der Waals surface area contributed by atoms with Crippen molar-refractivity contribution in [1.29, 1.82) is 0 Å². The summed E-state index contributed by atoms with van der Waals surface area (Å²) >= 11 is 0. The zero-order valence-corrected chi connectivity index (χ0v) is 13.0. The average Bonchev–Trinajstić information content (AvgIpc) is 2.94. The van der Waals surface area contributed by atoms with Crippen LogP contribution in [0.4, 0.5) is 0 Å². The van der Waals surface area contributed by atoms with Crippen molar-refractivity contribution in [2.45, 2.75) is 38.1 Å². The third-order valence-electron chi connectivity index (χ3n) is 4.97. The van der Waals surface area contributed by atoms with Gasteiger partial charge in [-0.3, -0.25) is 0 Å². The molecule has 118 valence electrons. The van der Waals surface area contributed by atoms with Crippen molar-refractivity contribution in [1.82, 2.24) is 19.9 Å². The first-order chi connectivity index (χ1) is 10.9. The van der Waals surface area contributed by atoms with Crippen molar-refractivity contribution in [3.63, 3.8) is 0 Å². The molecule has 2 fully saturated rings. The first-order valence-electron chi connectivity index (χ1n) is 8.52. The molecule has 5 nitrogen and oxygen atoms in total. The minimum Gasteiger partial charge on any atom is -0.381 e. The van der Waals surface area contributed by atoms with Crippen LogP contribution in [-0.2, 0) is 11.2 Å². The molecule has 0 aliphatic carbocycles. The molecule has 22 heavy (non-hydrogen) atoms. The van der Waals surface area contributed by atoms with E-state index in [4.69, 9.17) is 9.72 Å². The molecule has 0 amide bonds. The average molecular weight is 300 g/mol. The van der Waals surface area contributed by atoms with Gasteiger partial charge in [0.2, 0.25) is 0 Å². The number of nitrogens with one attached hydrogen (secondary N) is 1. The van der Waals surface area contributed by atoms with Crippen LogP contribution in [0.15, 0.2) is 18.3 Å². The quantitative estimate of drug-likeness (QED) is 0.945. The van der Waals surface area contributed by atoms with E-state index in [1.165, 1.54) is 18.7 Å². The number of hydrogen-bond donors (Lipinski definition) is 1. The molecule has 4 rings (SSSR count). The lowest BCUT2D eigenvalue weighted by molar-refractivity contribution is 0.0656. The highest BCUT2D eigenvalue weighted by Gasteiger charge is 2.24. The van der Waals surface area contributed by atoms with Crippen LogP contribution in [-0.4, -0.2) is 40.8 Å². The van der Waals surface area contributed by atoms with Crippen LogP contribution < -0.4 is 5.32 Å². The van der Waals surface area contributed by atoms with Crippen molar-refractivity contribution in [2.24, 2.45) is 5.92 Å². The number of hydrogen-bond acceptors (Lipinski definition) is 4.